The number of hydrogen-bond acceptors (Lipinski definition) is 4. The van der Waals surface area contributed by atoms with Gasteiger partial charge in [-0.3, -0.25) is 0 Å². The molecule has 0 unspecified atom stereocenters. The maximum absolute atomic E-state index is 11.5. The number of para-hydroxylation sites is 2. The first-order valence-corrected chi connectivity index (χ1v) is 18.7. The van der Waals surface area contributed by atoms with Crippen LogP contribution in [0.2, 0.25) is 0 Å². The summed E-state index contributed by atoms with van der Waals surface area (Å²) in [4.78, 5) is 0. The van der Waals surface area contributed by atoms with Crippen LogP contribution in [0.4, 0.5) is 0 Å². The van der Waals surface area contributed by atoms with Gasteiger partial charge in [-0.25, -0.2) is 0 Å². The predicted octanol–water partition coefficient (Wildman–Crippen LogP) is 12.4. The molecule has 266 valence electrons. The first-order chi connectivity index (χ1) is 28.6. The van der Waals surface area contributed by atoms with Crippen LogP contribution < -0.4 is 0 Å². The van der Waals surface area contributed by atoms with Crippen molar-refractivity contribution in [2.45, 2.75) is 0 Å². The minimum Gasteiger partial charge on any atom is -0.308 e. The lowest BCUT2D eigenvalue weighted by molar-refractivity contribution is 1.12. The molecule has 58 heavy (non-hydrogen) atoms. The molecule has 0 radical (unpaired) electrons. The minimum atomic E-state index is 0.474. The minimum absolute atomic E-state index is 0.474. The highest BCUT2D eigenvalue weighted by atomic mass is 15.0. The van der Waals surface area contributed by atoms with Crippen molar-refractivity contribution >= 4 is 43.6 Å². The lowest BCUT2D eigenvalue weighted by atomic mass is 9.96. The average molecular weight is 737 g/mol. The van der Waals surface area contributed by atoms with Crippen LogP contribution in [0.5, 0.6) is 0 Å². The van der Waals surface area contributed by atoms with Gasteiger partial charge < -0.3 is 9.13 Å². The molecule has 0 spiro atoms. The summed E-state index contributed by atoms with van der Waals surface area (Å²) >= 11 is 0. The van der Waals surface area contributed by atoms with E-state index in [1.807, 2.05) is 84.9 Å². The maximum atomic E-state index is 11.5. The van der Waals surface area contributed by atoms with E-state index >= 15 is 0 Å². The van der Waals surface area contributed by atoms with Gasteiger partial charge in [0.2, 0.25) is 0 Å². The van der Waals surface area contributed by atoms with Crippen molar-refractivity contribution in [1.82, 2.24) is 9.13 Å². The Labute approximate surface area is 333 Å². The fraction of sp³-hybridized carbons (Fsp3) is 0. The summed E-state index contributed by atoms with van der Waals surface area (Å²) in [6.45, 7) is 0. The smallest absolute Gasteiger partial charge is 0.104 e. The van der Waals surface area contributed by atoms with Crippen LogP contribution in [0.1, 0.15) is 22.3 Å². The summed E-state index contributed by atoms with van der Waals surface area (Å²) in [5.41, 5.74) is 12.8. The molecule has 0 fully saturated rings. The van der Waals surface area contributed by atoms with Gasteiger partial charge in [0, 0.05) is 27.1 Å². The van der Waals surface area contributed by atoms with Crippen molar-refractivity contribution in [3.63, 3.8) is 0 Å². The van der Waals surface area contributed by atoms with Gasteiger partial charge in [0.15, 0.2) is 0 Å². The fourth-order valence-electron chi connectivity index (χ4n) is 8.44. The van der Waals surface area contributed by atoms with Crippen molar-refractivity contribution in [1.29, 1.82) is 21.0 Å². The fourth-order valence-corrected chi connectivity index (χ4v) is 8.44. The molecule has 8 aromatic carbocycles. The number of nitrogens with zero attached hydrogens (tertiary/aromatic N) is 6. The van der Waals surface area contributed by atoms with E-state index in [2.05, 4.69) is 100 Å². The zero-order chi connectivity index (χ0) is 39.3. The second kappa shape index (κ2) is 13.6. The van der Waals surface area contributed by atoms with Crippen LogP contribution >= 0.6 is 0 Å². The van der Waals surface area contributed by atoms with E-state index in [0.717, 1.165) is 82.7 Å². The molecule has 0 saturated heterocycles. The highest BCUT2D eigenvalue weighted by molar-refractivity contribution is 6.13. The highest BCUT2D eigenvalue weighted by Crippen LogP contribution is 2.43. The Hall–Kier alpha value is -8.68. The number of hydrogen-bond donors (Lipinski definition) is 0. The van der Waals surface area contributed by atoms with Crippen LogP contribution in [0.3, 0.4) is 0 Å². The summed E-state index contributed by atoms with van der Waals surface area (Å²) < 4.78 is 4.36. The largest absolute Gasteiger partial charge is 0.308 e. The van der Waals surface area contributed by atoms with Crippen molar-refractivity contribution in [3.8, 4) is 69.0 Å². The van der Waals surface area contributed by atoms with Crippen molar-refractivity contribution in [3.05, 3.63) is 192 Å². The second-order valence-corrected chi connectivity index (χ2v) is 14.2. The van der Waals surface area contributed by atoms with E-state index in [9.17, 15) is 21.0 Å². The monoisotopic (exact) mass is 736 g/mol. The quantitative estimate of drug-likeness (QED) is 0.175. The van der Waals surface area contributed by atoms with Crippen molar-refractivity contribution in [2.75, 3.05) is 0 Å². The molecular weight excluding hydrogens is 709 g/mol. The van der Waals surface area contributed by atoms with Crippen LogP contribution in [0.25, 0.3) is 88.4 Å². The van der Waals surface area contributed by atoms with E-state index in [1.54, 1.807) is 18.2 Å². The van der Waals surface area contributed by atoms with E-state index in [-0.39, 0.29) is 0 Å². The van der Waals surface area contributed by atoms with E-state index in [4.69, 9.17) is 0 Å². The van der Waals surface area contributed by atoms with Crippen LogP contribution in [-0.2, 0) is 0 Å². The van der Waals surface area contributed by atoms with Gasteiger partial charge >= 0.3 is 0 Å². The molecular formula is C52H28N6. The van der Waals surface area contributed by atoms with Gasteiger partial charge in [-0.1, -0.05) is 91.0 Å². The van der Waals surface area contributed by atoms with Crippen LogP contribution in [0, 0.1) is 45.3 Å². The zero-order valence-electron chi connectivity index (χ0n) is 30.8. The summed E-state index contributed by atoms with van der Waals surface area (Å²) in [5, 5.41) is 44.7. The standard InChI is InChI=1S/C52H28N6/c53-29-33-8-5-11-36(24-33)38-18-21-49-44(27-38)42-14-1-3-16-47(42)57(49)51-23-20-41(40-13-7-10-35(26-40)31-55)52(46(51)32-56)58-48-17-4-2-15-43(48)45-28-39(19-22-50(45)58)37-12-6-9-34(25-37)30-54/h1-28H. The molecule has 0 aliphatic heterocycles. The Balaban J connectivity index is 1.29. The topological polar surface area (TPSA) is 105 Å². The molecule has 0 saturated carbocycles. The summed E-state index contributed by atoms with van der Waals surface area (Å²) in [7, 11) is 0. The van der Waals surface area contributed by atoms with Gasteiger partial charge in [0.1, 0.15) is 11.6 Å². The summed E-state index contributed by atoms with van der Waals surface area (Å²) in [6.07, 6.45) is 0. The van der Waals surface area contributed by atoms with Gasteiger partial charge in [0.05, 0.1) is 68.3 Å². The SMILES string of the molecule is N#Cc1cccc(-c2ccc3c(c2)c2ccccc2n3-c2ccc(-c3cccc(C#N)c3)c(-n3c4ccccc4c4cc(-c5cccc(C#N)c5)ccc43)c2C#N)c1. The van der Waals surface area contributed by atoms with Crippen LogP contribution in [-0.4, -0.2) is 9.13 Å². The third kappa shape index (κ3) is 5.31. The summed E-state index contributed by atoms with van der Waals surface area (Å²) in [6, 6.07) is 65.4. The number of aromatic nitrogens is 2. The Morgan fingerprint density at radius 3 is 1.31 bits per heavy atom. The highest BCUT2D eigenvalue weighted by Gasteiger charge is 2.24. The van der Waals surface area contributed by atoms with Gasteiger partial charge in [-0.15, -0.1) is 0 Å². The molecule has 10 rings (SSSR count). The molecule has 0 aliphatic rings. The van der Waals surface area contributed by atoms with Crippen molar-refractivity contribution < 1.29 is 0 Å². The Kier molecular flexibility index (Phi) is 7.92. The number of rotatable bonds is 5. The van der Waals surface area contributed by atoms with E-state index in [1.165, 1.54) is 0 Å². The molecule has 0 N–H and O–H groups in total. The Bertz CT molecular complexity index is 3520. The van der Waals surface area contributed by atoms with Gasteiger partial charge in [0.25, 0.3) is 0 Å². The maximum Gasteiger partial charge on any atom is 0.104 e. The molecule has 2 heterocycles. The van der Waals surface area contributed by atoms with E-state index < -0.39 is 0 Å². The molecule has 0 aliphatic carbocycles. The molecule has 0 atom stereocenters. The molecule has 2 aromatic heterocycles. The van der Waals surface area contributed by atoms with E-state index in [0.29, 0.717) is 27.9 Å². The third-order valence-electron chi connectivity index (χ3n) is 11.0. The normalized spacial score (nSPS) is 11.0. The average Bonchev–Trinajstić information content (AvgIpc) is 3.80. The molecule has 0 bridgehead atoms. The van der Waals surface area contributed by atoms with Crippen LogP contribution in [0.15, 0.2) is 170 Å². The molecule has 6 heteroatoms. The first kappa shape index (κ1) is 33.9. The number of nitriles is 4. The Morgan fingerprint density at radius 1 is 0.328 bits per heavy atom. The third-order valence-corrected chi connectivity index (χ3v) is 11.0. The second-order valence-electron chi connectivity index (χ2n) is 14.2. The predicted molar refractivity (Wildman–Crippen MR) is 230 cm³/mol. The first-order valence-electron chi connectivity index (χ1n) is 18.7. The van der Waals surface area contributed by atoms with Gasteiger partial charge in [-0.2, -0.15) is 21.0 Å². The van der Waals surface area contributed by atoms with Gasteiger partial charge in [-0.05, 0) is 107 Å². The number of fused-ring (bicyclic) bond motifs is 6. The summed E-state index contributed by atoms with van der Waals surface area (Å²) in [5.74, 6) is 0. The lowest BCUT2D eigenvalue weighted by Crippen LogP contribution is -2.06. The lowest BCUT2D eigenvalue weighted by Gasteiger charge is -2.20. The Morgan fingerprint density at radius 2 is 0.776 bits per heavy atom. The van der Waals surface area contributed by atoms with Crippen molar-refractivity contribution in [2.24, 2.45) is 0 Å². The number of benzene rings is 8. The molecule has 10 aromatic rings. The molecule has 0 amide bonds. The molecule has 6 nitrogen and oxygen atoms in total. The zero-order valence-corrected chi connectivity index (χ0v) is 30.8.